The summed E-state index contributed by atoms with van der Waals surface area (Å²) in [4.78, 5) is 14.3. The molecule has 88 valence electrons. The van der Waals surface area contributed by atoms with Gasteiger partial charge in [0, 0.05) is 12.8 Å². The van der Waals surface area contributed by atoms with Crippen LogP contribution in [0.1, 0.15) is 0 Å². The Kier molecular flexibility index (Phi) is 5.28. The number of methoxy groups -OCH3 is 1. The van der Waals surface area contributed by atoms with E-state index >= 15 is 0 Å². The molecule has 1 aromatic rings. The maximum absolute atomic E-state index is 10.3. The fourth-order valence-corrected chi connectivity index (χ4v) is 1.19. The lowest BCUT2D eigenvalue weighted by atomic mass is 10.3. The number of hydrogen-bond donors (Lipinski definition) is 1. The molecule has 1 N–H and O–H groups in total. The highest BCUT2D eigenvalue weighted by atomic mass is 16.5. The number of terminal acetylenes is 1. The standard InChI is InChI=1S/C12H13N3O2/c1-3-4-5-6-11(8-17-2)15-7-12(13-9-15)14-10-16/h1,4-7,9-10H,8H2,2H3,(H,14,16)/b5-4-,11-6+. The summed E-state index contributed by atoms with van der Waals surface area (Å²) < 4.78 is 6.81. The van der Waals surface area contributed by atoms with Crippen LogP contribution in [0.2, 0.25) is 0 Å². The van der Waals surface area contributed by atoms with E-state index in [1.807, 2.05) is 6.08 Å². The number of nitrogens with one attached hydrogen (secondary N) is 1. The van der Waals surface area contributed by atoms with Crippen molar-refractivity contribution in [2.75, 3.05) is 19.0 Å². The fourth-order valence-electron chi connectivity index (χ4n) is 1.19. The second-order valence-electron chi connectivity index (χ2n) is 3.05. The van der Waals surface area contributed by atoms with Crippen LogP contribution in [0, 0.1) is 12.3 Å². The molecule has 0 atom stereocenters. The molecule has 0 aliphatic carbocycles. The van der Waals surface area contributed by atoms with Crippen LogP contribution in [-0.4, -0.2) is 29.7 Å². The van der Waals surface area contributed by atoms with Crippen molar-refractivity contribution < 1.29 is 9.53 Å². The number of amides is 1. The summed E-state index contributed by atoms with van der Waals surface area (Å²) in [5, 5.41) is 2.46. The lowest BCUT2D eigenvalue weighted by molar-refractivity contribution is -0.105. The zero-order valence-corrected chi connectivity index (χ0v) is 9.46. The molecule has 5 heteroatoms. The van der Waals surface area contributed by atoms with Gasteiger partial charge in [-0.25, -0.2) is 4.98 Å². The number of aromatic nitrogens is 2. The number of anilines is 1. The Labute approximate surface area is 99.8 Å². The first-order valence-corrected chi connectivity index (χ1v) is 4.87. The molecule has 0 unspecified atom stereocenters. The summed E-state index contributed by atoms with van der Waals surface area (Å²) in [6.45, 7) is 0.409. The Morgan fingerprint density at radius 2 is 2.59 bits per heavy atom. The third-order valence-corrected chi connectivity index (χ3v) is 1.89. The number of carbonyl (C=O) groups excluding carboxylic acids is 1. The van der Waals surface area contributed by atoms with Gasteiger partial charge < -0.3 is 14.6 Å². The first-order chi connectivity index (χ1) is 8.31. The number of ether oxygens (including phenoxy) is 1. The number of carbonyl (C=O) groups is 1. The lowest BCUT2D eigenvalue weighted by Gasteiger charge is -2.05. The van der Waals surface area contributed by atoms with Crippen molar-refractivity contribution in [3.8, 4) is 12.3 Å². The van der Waals surface area contributed by atoms with Gasteiger partial charge in [-0.1, -0.05) is 12.0 Å². The van der Waals surface area contributed by atoms with Gasteiger partial charge in [-0.3, -0.25) is 4.79 Å². The number of rotatable bonds is 6. The molecule has 5 nitrogen and oxygen atoms in total. The largest absolute Gasteiger partial charge is 0.378 e. The van der Waals surface area contributed by atoms with E-state index in [9.17, 15) is 4.79 Å². The van der Waals surface area contributed by atoms with Crippen molar-refractivity contribution in [1.29, 1.82) is 0 Å². The van der Waals surface area contributed by atoms with Gasteiger partial charge in [-0.05, 0) is 12.2 Å². The molecule has 0 saturated carbocycles. The predicted molar refractivity (Wildman–Crippen MR) is 66.0 cm³/mol. The van der Waals surface area contributed by atoms with Crippen molar-refractivity contribution >= 4 is 17.9 Å². The van der Waals surface area contributed by atoms with Gasteiger partial charge in [-0.15, -0.1) is 6.42 Å². The average molecular weight is 231 g/mol. The minimum atomic E-state index is 0.409. The minimum absolute atomic E-state index is 0.409. The van der Waals surface area contributed by atoms with E-state index in [0.29, 0.717) is 18.8 Å². The third kappa shape index (κ3) is 3.97. The van der Waals surface area contributed by atoms with E-state index < -0.39 is 0 Å². The van der Waals surface area contributed by atoms with Crippen molar-refractivity contribution in [1.82, 2.24) is 9.55 Å². The van der Waals surface area contributed by atoms with Gasteiger partial charge in [0.2, 0.25) is 6.41 Å². The topological polar surface area (TPSA) is 56.1 Å². The zero-order chi connectivity index (χ0) is 12.5. The molecule has 1 aromatic heterocycles. The Hall–Kier alpha value is -2.32. The molecular formula is C12H13N3O2. The van der Waals surface area contributed by atoms with Gasteiger partial charge in [0.25, 0.3) is 0 Å². The molecule has 0 spiro atoms. The van der Waals surface area contributed by atoms with E-state index in [1.54, 1.807) is 36.4 Å². The summed E-state index contributed by atoms with van der Waals surface area (Å²) in [6.07, 6.45) is 14.1. The van der Waals surface area contributed by atoms with Crippen molar-refractivity contribution in [3.63, 3.8) is 0 Å². The van der Waals surface area contributed by atoms with E-state index in [2.05, 4.69) is 16.2 Å². The van der Waals surface area contributed by atoms with Gasteiger partial charge in [-0.2, -0.15) is 0 Å². The van der Waals surface area contributed by atoms with Gasteiger partial charge in [0.05, 0.1) is 12.8 Å². The summed E-state index contributed by atoms with van der Waals surface area (Å²) >= 11 is 0. The van der Waals surface area contributed by atoms with E-state index in [1.165, 1.54) is 0 Å². The SMILES string of the molecule is C#C/C=C\C=C(/COC)n1cnc(NC=O)c1. The van der Waals surface area contributed by atoms with Gasteiger partial charge >= 0.3 is 0 Å². The smallest absolute Gasteiger partial charge is 0.212 e. The van der Waals surface area contributed by atoms with Crippen LogP contribution in [0.3, 0.4) is 0 Å². The fraction of sp³-hybridized carbons (Fsp3) is 0.167. The molecule has 0 fully saturated rings. The quantitative estimate of drug-likeness (QED) is 0.453. The average Bonchev–Trinajstić information content (AvgIpc) is 2.77. The van der Waals surface area contributed by atoms with Crippen LogP contribution in [0.15, 0.2) is 30.8 Å². The zero-order valence-electron chi connectivity index (χ0n) is 9.46. The van der Waals surface area contributed by atoms with Crippen molar-refractivity contribution in [2.24, 2.45) is 0 Å². The summed E-state index contributed by atoms with van der Waals surface area (Å²) in [5.41, 5.74) is 0.852. The highest BCUT2D eigenvalue weighted by Gasteiger charge is 2.01. The molecule has 0 aliphatic heterocycles. The monoisotopic (exact) mass is 231 g/mol. The number of allylic oxidation sites excluding steroid dienone is 3. The molecule has 1 amide bonds. The van der Waals surface area contributed by atoms with E-state index in [-0.39, 0.29) is 0 Å². The summed E-state index contributed by atoms with van der Waals surface area (Å²) in [6, 6.07) is 0. The Balaban J connectivity index is 2.89. The Morgan fingerprint density at radius 3 is 3.24 bits per heavy atom. The van der Waals surface area contributed by atoms with E-state index in [4.69, 9.17) is 11.2 Å². The molecular weight excluding hydrogens is 218 g/mol. The van der Waals surface area contributed by atoms with Crippen LogP contribution in [0.4, 0.5) is 5.82 Å². The number of nitrogens with zero attached hydrogens (tertiary/aromatic N) is 2. The van der Waals surface area contributed by atoms with Crippen LogP contribution in [0.5, 0.6) is 0 Å². The number of imidazole rings is 1. The minimum Gasteiger partial charge on any atom is -0.378 e. The lowest BCUT2D eigenvalue weighted by Crippen LogP contribution is -2.01. The number of hydrogen-bond acceptors (Lipinski definition) is 3. The van der Waals surface area contributed by atoms with Crippen LogP contribution in [-0.2, 0) is 9.53 Å². The maximum Gasteiger partial charge on any atom is 0.212 e. The van der Waals surface area contributed by atoms with Gasteiger partial charge in [0.1, 0.15) is 6.33 Å². The second-order valence-corrected chi connectivity index (χ2v) is 3.05. The van der Waals surface area contributed by atoms with Crippen molar-refractivity contribution in [3.05, 3.63) is 30.8 Å². The molecule has 0 saturated heterocycles. The highest BCUT2D eigenvalue weighted by Crippen LogP contribution is 2.09. The predicted octanol–water partition coefficient (Wildman–Crippen LogP) is 1.13. The molecule has 0 radical (unpaired) electrons. The summed E-state index contributed by atoms with van der Waals surface area (Å²) in [7, 11) is 1.60. The second kappa shape index (κ2) is 7.04. The van der Waals surface area contributed by atoms with Crippen LogP contribution in [0.25, 0.3) is 5.70 Å². The van der Waals surface area contributed by atoms with Crippen molar-refractivity contribution in [2.45, 2.75) is 0 Å². The molecule has 17 heavy (non-hydrogen) atoms. The third-order valence-electron chi connectivity index (χ3n) is 1.89. The van der Waals surface area contributed by atoms with Crippen LogP contribution >= 0.6 is 0 Å². The Morgan fingerprint density at radius 1 is 1.76 bits per heavy atom. The first kappa shape index (κ1) is 12.7. The molecule has 0 bridgehead atoms. The Bertz CT molecular complexity index is 466. The molecule has 1 rings (SSSR count). The summed E-state index contributed by atoms with van der Waals surface area (Å²) in [5.74, 6) is 2.87. The molecule has 1 heterocycles. The normalized spacial score (nSPS) is 11.4. The highest BCUT2D eigenvalue weighted by molar-refractivity contribution is 5.68. The maximum atomic E-state index is 10.3. The molecule has 0 aliphatic rings. The van der Waals surface area contributed by atoms with Gasteiger partial charge in [0.15, 0.2) is 5.82 Å². The van der Waals surface area contributed by atoms with Crippen LogP contribution < -0.4 is 5.32 Å². The van der Waals surface area contributed by atoms with E-state index in [0.717, 1.165) is 5.70 Å². The first-order valence-electron chi connectivity index (χ1n) is 4.87. The molecule has 0 aromatic carbocycles.